The number of pyridine rings is 2. The number of aryl methyl sites for hydroxylation is 4. The van der Waals surface area contributed by atoms with Gasteiger partial charge >= 0.3 is 0 Å². The maximum atomic E-state index is 12.5. The van der Waals surface area contributed by atoms with Crippen molar-refractivity contribution in [3.63, 3.8) is 0 Å². The van der Waals surface area contributed by atoms with Crippen LogP contribution in [0.2, 0.25) is 0 Å². The van der Waals surface area contributed by atoms with Gasteiger partial charge < -0.3 is 0 Å². The smallest absolute Gasteiger partial charge is 0.261 e. The maximum Gasteiger partial charge on any atom is 0.261 e. The topological polar surface area (TPSA) is 82.5 Å². The number of rotatable bonds is 11. The van der Waals surface area contributed by atoms with E-state index in [1.54, 1.807) is 48.5 Å². The highest BCUT2D eigenvalue weighted by Gasteiger charge is 2.35. The Labute approximate surface area is 244 Å². The Morgan fingerprint density at radius 3 is 1.07 bits per heavy atom. The third-order valence-corrected chi connectivity index (χ3v) is 7.98. The second-order valence-corrected chi connectivity index (χ2v) is 10.7. The number of carbonyl (C=O) groups is 4. The first-order valence-electron chi connectivity index (χ1n) is 14.4. The second-order valence-electron chi connectivity index (χ2n) is 10.7. The molecule has 8 heteroatoms. The number of hydrogen-bond acceptors (Lipinski definition) is 4. The Morgan fingerprint density at radius 2 is 0.762 bits per heavy atom. The predicted octanol–water partition coefficient (Wildman–Crippen LogP) is 3.42. The van der Waals surface area contributed by atoms with Gasteiger partial charge in [0.2, 0.25) is 0 Å². The van der Waals surface area contributed by atoms with E-state index in [1.807, 2.05) is 24.8 Å². The molecule has 0 fully saturated rings. The Balaban J connectivity index is 0.922. The van der Waals surface area contributed by atoms with Crippen molar-refractivity contribution in [1.29, 1.82) is 0 Å². The summed E-state index contributed by atoms with van der Waals surface area (Å²) in [5.41, 5.74) is 4.45. The van der Waals surface area contributed by atoms with Gasteiger partial charge in [-0.15, -0.1) is 0 Å². The number of imide groups is 2. The van der Waals surface area contributed by atoms with Crippen molar-refractivity contribution < 1.29 is 28.3 Å². The van der Waals surface area contributed by atoms with Crippen LogP contribution in [0.1, 0.15) is 65.4 Å². The summed E-state index contributed by atoms with van der Waals surface area (Å²) in [4.78, 5) is 52.8. The molecule has 210 valence electrons. The normalized spacial score (nSPS) is 14.1. The van der Waals surface area contributed by atoms with Gasteiger partial charge in [-0.1, -0.05) is 24.3 Å². The molecule has 0 unspecified atom stereocenters. The molecule has 0 saturated heterocycles. The Morgan fingerprint density at radius 1 is 0.452 bits per heavy atom. The Hall–Kier alpha value is -4.98. The average Bonchev–Trinajstić information content (AvgIpc) is 3.42. The summed E-state index contributed by atoms with van der Waals surface area (Å²) in [6.07, 6.45) is 11.4. The van der Waals surface area contributed by atoms with Crippen LogP contribution < -0.4 is 9.13 Å². The first-order valence-corrected chi connectivity index (χ1v) is 14.4. The molecule has 0 radical (unpaired) electrons. The van der Waals surface area contributed by atoms with E-state index in [2.05, 4.69) is 33.4 Å². The number of fused-ring (bicyclic) bond motifs is 2. The van der Waals surface area contributed by atoms with E-state index in [0.29, 0.717) is 48.2 Å². The van der Waals surface area contributed by atoms with Crippen LogP contribution in [0.15, 0.2) is 97.6 Å². The molecule has 2 aliphatic rings. The summed E-state index contributed by atoms with van der Waals surface area (Å²) in [7, 11) is 0. The van der Waals surface area contributed by atoms with E-state index in [-0.39, 0.29) is 23.6 Å². The zero-order valence-electron chi connectivity index (χ0n) is 23.3. The maximum absolute atomic E-state index is 12.5. The van der Waals surface area contributed by atoms with Crippen molar-refractivity contribution in [1.82, 2.24) is 9.80 Å². The van der Waals surface area contributed by atoms with Crippen LogP contribution in [0.25, 0.3) is 0 Å². The molecule has 4 aromatic rings. The van der Waals surface area contributed by atoms with E-state index >= 15 is 0 Å². The fourth-order valence-corrected chi connectivity index (χ4v) is 5.60. The third kappa shape index (κ3) is 5.48. The zero-order valence-corrected chi connectivity index (χ0v) is 23.3. The first kappa shape index (κ1) is 27.2. The number of carbonyl (C=O) groups excluding carboxylic acids is 4. The predicted molar refractivity (Wildman–Crippen MR) is 154 cm³/mol. The van der Waals surface area contributed by atoms with Gasteiger partial charge in [0.25, 0.3) is 23.6 Å². The molecule has 2 aromatic carbocycles. The molecule has 0 N–H and O–H groups in total. The van der Waals surface area contributed by atoms with Crippen molar-refractivity contribution in [3.05, 3.63) is 131 Å². The van der Waals surface area contributed by atoms with Gasteiger partial charge in [0.1, 0.15) is 13.1 Å². The molecule has 6 rings (SSSR count). The summed E-state index contributed by atoms with van der Waals surface area (Å²) in [5.74, 6) is -0.819. The standard InChI is InChI=1S/C34H32N4O4/c39-31-27-7-1-2-8-28(27)32(40)37(31)19-5-17-35-21-13-25(14-22-35)11-12-26-15-23-36(24-16-26)18-6-20-38-33(41)29-9-3-4-10-30(29)34(38)42/h1-4,7-10,13-16,21-24H,5-6,11-12,17-20H2/q+2. The van der Waals surface area contributed by atoms with Gasteiger partial charge in [-0.3, -0.25) is 29.0 Å². The summed E-state index contributed by atoms with van der Waals surface area (Å²) < 4.78 is 4.16. The minimum absolute atomic E-state index is 0.205. The summed E-state index contributed by atoms with van der Waals surface area (Å²) in [6, 6.07) is 22.4. The van der Waals surface area contributed by atoms with Crippen LogP contribution in [-0.4, -0.2) is 46.5 Å². The van der Waals surface area contributed by atoms with Crippen molar-refractivity contribution >= 4 is 23.6 Å². The van der Waals surface area contributed by atoms with Crippen LogP contribution in [0.5, 0.6) is 0 Å². The van der Waals surface area contributed by atoms with E-state index in [4.69, 9.17) is 0 Å². The molecular formula is C34H32N4O4+2. The van der Waals surface area contributed by atoms with Gasteiger partial charge in [0, 0.05) is 50.2 Å². The molecule has 2 aliphatic heterocycles. The van der Waals surface area contributed by atoms with E-state index < -0.39 is 0 Å². The number of amides is 4. The Bertz CT molecular complexity index is 1470. The summed E-state index contributed by atoms with van der Waals surface area (Å²) in [5, 5.41) is 0. The van der Waals surface area contributed by atoms with Gasteiger partial charge in [0.15, 0.2) is 24.8 Å². The molecule has 2 aromatic heterocycles. The molecule has 4 amide bonds. The number of hydrogen-bond donors (Lipinski definition) is 0. The quantitative estimate of drug-likeness (QED) is 0.208. The van der Waals surface area contributed by atoms with Crippen LogP contribution in [0, 0.1) is 0 Å². The minimum Gasteiger partial charge on any atom is -0.274 e. The lowest BCUT2D eigenvalue weighted by Gasteiger charge is -2.12. The summed E-state index contributed by atoms with van der Waals surface area (Å²) in [6.45, 7) is 2.24. The molecule has 42 heavy (non-hydrogen) atoms. The van der Waals surface area contributed by atoms with E-state index in [9.17, 15) is 19.2 Å². The lowest BCUT2D eigenvalue weighted by Crippen LogP contribution is -2.37. The second kappa shape index (κ2) is 11.9. The largest absolute Gasteiger partial charge is 0.274 e. The van der Waals surface area contributed by atoms with Gasteiger partial charge in [-0.25, -0.2) is 9.13 Å². The van der Waals surface area contributed by atoms with Crippen LogP contribution in [-0.2, 0) is 25.9 Å². The minimum atomic E-state index is -0.205. The number of nitrogens with zero attached hydrogens (tertiary/aromatic N) is 4. The first-order chi connectivity index (χ1) is 20.5. The fraction of sp³-hybridized carbons (Fsp3) is 0.235. The van der Waals surface area contributed by atoms with Gasteiger partial charge in [-0.05, 0) is 48.2 Å². The monoisotopic (exact) mass is 560 g/mol. The Kier molecular flexibility index (Phi) is 7.68. The third-order valence-electron chi connectivity index (χ3n) is 7.98. The van der Waals surface area contributed by atoms with Gasteiger partial charge in [-0.2, -0.15) is 0 Å². The molecule has 0 atom stereocenters. The molecule has 0 spiro atoms. The highest BCUT2D eigenvalue weighted by molar-refractivity contribution is 6.22. The molecule has 0 aliphatic carbocycles. The van der Waals surface area contributed by atoms with E-state index in [0.717, 1.165) is 25.9 Å². The lowest BCUT2D eigenvalue weighted by atomic mass is 10.1. The van der Waals surface area contributed by atoms with E-state index in [1.165, 1.54) is 20.9 Å². The average molecular weight is 561 g/mol. The van der Waals surface area contributed by atoms with Crippen LogP contribution >= 0.6 is 0 Å². The number of benzene rings is 2. The highest BCUT2D eigenvalue weighted by Crippen LogP contribution is 2.23. The van der Waals surface area contributed by atoms with Crippen LogP contribution in [0.4, 0.5) is 0 Å². The SMILES string of the molecule is O=C1c2ccccc2C(=O)N1CCC[n+]1ccc(CCc2cc[n+](CCCN3C(=O)c4ccccc4C3=O)cc2)cc1. The van der Waals surface area contributed by atoms with Gasteiger partial charge in [0.05, 0.1) is 22.3 Å². The van der Waals surface area contributed by atoms with Crippen molar-refractivity contribution in [2.24, 2.45) is 0 Å². The van der Waals surface area contributed by atoms with Crippen molar-refractivity contribution in [3.8, 4) is 0 Å². The summed E-state index contributed by atoms with van der Waals surface area (Å²) >= 11 is 0. The van der Waals surface area contributed by atoms with Crippen molar-refractivity contribution in [2.45, 2.75) is 38.8 Å². The molecule has 8 nitrogen and oxygen atoms in total. The van der Waals surface area contributed by atoms with Crippen LogP contribution in [0.3, 0.4) is 0 Å². The molecule has 0 saturated carbocycles. The zero-order chi connectivity index (χ0) is 29.1. The highest BCUT2D eigenvalue weighted by atomic mass is 16.2. The number of aromatic nitrogens is 2. The fourth-order valence-electron chi connectivity index (χ4n) is 5.60. The molecule has 4 heterocycles. The van der Waals surface area contributed by atoms with Crippen molar-refractivity contribution in [2.75, 3.05) is 13.1 Å². The lowest BCUT2D eigenvalue weighted by molar-refractivity contribution is -0.697. The molecule has 0 bridgehead atoms. The molecular weight excluding hydrogens is 528 g/mol.